The lowest BCUT2D eigenvalue weighted by Crippen LogP contribution is -2.13. The van der Waals surface area contributed by atoms with Crippen LogP contribution in [-0.4, -0.2) is 36.0 Å². The quantitative estimate of drug-likeness (QED) is 0.253. The number of nitrogens with zero attached hydrogens (tertiary/aromatic N) is 4. The molecule has 178 valence electrons. The van der Waals surface area contributed by atoms with Crippen LogP contribution in [0.4, 0.5) is 5.69 Å². The number of rotatable bonds is 6. The van der Waals surface area contributed by atoms with E-state index < -0.39 is 0 Å². The molecule has 0 spiro atoms. The summed E-state index contributed by atoms with van der Waals surface area (Å²) in [5.74, 6) is 0.261. The number of carbonyl (C=O) groups is 1. The first-order valence-electron chi connectivity index (χ1n) is 11.7. The van der Waals surface area contributed by atoms with E-state index in [4.69, 9.17) is 0 Å². The highest BCUT2D eigenvalue weighted by molar-refractivity contribution is 7.08. The number of aromatic nitrogens is 6. The fraction of sp³-hybridized carbons (Fsp3) is 0.148. The molecule has 1 amide bonds. The van der Waals surface area contributed by atoms with Crippen LogP contribution in [0.1, 0.15) is 20.3 Å². The van der Waals surface area contributed by atoms with Crippen LogP contribution in [0.2, 0.25) is 0 Å². The van der Waals surface area contributed by atoms with Crippen molar-refractivity contribution in [1.82, 2.24) is 30.1 Å². The van der Waals surface area contributed by atoms with E-state index in [0.29, 0.717) is 17.8 Å². The van der Waals surface area contributed by atoms with Gasteiger partial charge in [0, 0.05) is 46.9 Å². The first-order valence-corrected chi connectivity index (χ1v) is 12.6. The SMILES string of the molecule is CC(C)CC(=O)Nc1cncc(-c2cnc3n[nH]c(-c4cc5c(-c6ccsc6)ccnc5[nH]4)c3c2)c1. The van der Waals surface area contributed by atoms with Crippen molar-refractivity contribution in [2.24, 2.45) is 5.92 Å². The molecule has 3 N–H and O–H groups in total. The minimum Gasteiger partial charge on any atom is -0.338 e. The summed E-state index contributed by atoms with van der Waals surface area (Å²) in [5.41, 5.74) is 7.86. The predicted molar refractivity (Wildman–Crippen MR) is 144 cm³/mol. The summed E-state index contributed by atoms with van der Waals surface area (Å²) in [5, 5.41) is 16.6. The van der Waals surface area contributed by atoms with Crippen molar-refractivity contribution in [2.75, 3.05) is 5.32 Å². The Balaban J connectivity index is 1.38. The number of pyridine rings is 3. The van der Waals surface area contributed by atoms with Crippen LogP contribution in [0.5, 0.6) is 0 Å². The van der Waals surface area contributed by atoms with Gasteiger partial charge in [-0.15, -0.1) is 0 Å². The van der Waals surface area contributed by atoms with Crippen molar-refractivity contribution in [3.63, 3.8) is 0 Å². The molecule has 0 saturated carbocycles. The van der Waals surface area contributed by atoms with Gasteiger partial charge in [0.25, 0.3) is 0 Å². The van der Waals surface area contributed by atoms with Crippen LogP contribution in [0.3, 0.4) is 0 Å². The zero-order chi connectivity index (χ0) is 24.6. The molecule has 36 heavy (non-hydrogen) atoms. The number of amides is 1. The van der Waals surface area contributed by atoms with Crippen molar-refractivity contribution < 1.29 is 4.79 Å². The van der Waals surface area contributed by atoms with Crippen molar-refractivity contribution in [1.29, 1.82) is 0 Å². The van der Waals surface area contributed by atoms with Crippen LogP contribution < -0.4 is 5.32 Å². The maximum atomic E-state index is 12.2. The second-order valence-corrected chi connectivity index (χ2v) is 9.90. The molecule has 6 aromatic rings. The fourth-order valence-electron chi connectivity index (χ4n) is 4.34. The molecule has 0 unspecified atom stereocenters. The molecule has 0 fully saturated rings. The van der Waals surface area contributed by atoms with Gasteiger partial charge in [-0.05, 0) is 58.1 Å². The highest BCUT2D eigenvalue weighted by Crippen LogP contribution is 2.34. The molecule has 0 radical (unpaired) electrons. The number of fused-ring (bicyclic) bond motifs is 2. The number of nitrogens with one attached hydrogen (secondary N) is 3. The first kappa shape index (κ1) is 22.1. The Labute approximate surface area is 210 Å². The molecule has 9 heteroatoms. The molecule has 0 aliphatic carbocycles. The third-order valence-electron chi connectivity index (χ3n) is 5.99. The van der Waals surface area contributed by atoms with Crippen LogP contribution in [0, 0.1) is 5.92 Å². The van der Waals surface area contributed by atoms with E-state index in [1.165, 1.54) is 5.56 Å². The van der Waals surface area contributed by atoms with Gasteiger partial charge in [-0.2, -0.15) is 16.4 Å². The highest BCUT2D eigenvalue weighted by atomic mass is 32.1. The largest absolute Gasteiger partial charge is 0.338 e. The second kappa shape index (κ2) is 9.01. The second-order valence-electron chi connectivity index (χ2n) is 9.12. The normalized spacial score (nSPS) is 11.5. The van der Waals surface area contributed by atoms with Crippen LogP contribution in [0.25, 0.3) is 55.7 Å². The van der Waals surface area contributed by atoms with Crippen molar-refractivity contribution in [2.45, 2.75) is 20.3 Å². The zero-order valence-electron chi connectivity index (χ0n) is 19.7. The third-order valence-corrected chi connectivity index (χ3v) is 6.68. The van der Waals surface area contributed by atoms with Gasteiger partial charge in [-0.25, -0.2) is 9.97 Å². The predicted octanol–water partition coefficient (Wildman–Crippen LogP) is 6.28. The molecule has 6 aromatic heterocycles. The number of anilines is 1. The number of H-pyrrole nitrogens is 2. The van der Waals surface area contributed by atoms with Gasteiger partial charge < -0.3 is 10.3 Å². The lowest BCUT2D eigenvalue weighted by atomic mass is 10.1. The summed E-state index contributed by atoms with van der Waals surface area (Å²) in [7, 11) is 0. The topological polar surface area (TPSA) is 112 Å². The standard InChI is InChI=1S/C27H23N7OS/c1-15(2)7-24(35)31-19-8-17(11-28-13-19)18-9-22-25(33-34-27(22)30-12-18)23-10-21-20(16-4-6-36-14-16)3-5-29-26(21)32-23/h3-6,8-15H,7H2,1-2H3,(H,29,32)(H,31,35)(H,30,33,34). The number of hydrogen-bond donors (Lipinski definition) is 3. The average molecular weight is 494 g/mol. The van der Waals surface area contributed by atoms with Crippen molar-refractivity contribution >= 4 is 45.0 Å². The molecule has 0 bridgehead atoms. The van der Waals surface area contributed by atoms with Gasteiger partial charge in [-0.3, -0.25) is 14.9 Å². The molecule has 0 aliphatic heterocycles. The molecular formula is C27H23N7OS. The monoisotopic (exact) mass is 493 g/mol. The average Bonchev–Trinajstić information content (AvgIpc) is 3.62. The Morgan fingerprint density at radius 2 is 1.92 bits per heavy atom. The van der Waals surface area contributed by atoms with E-state index in [1.807, 2.05) is 38.2 Å². The Kier molecular flexibility index (Phi) is 5.54. The summed E-state index contributed by atoms with van der Waals surface area (Å²) in [4.78, 5) is 29.1. The summed E-state index contributed by atoms with van der Waals surface area (Å²) < 4.78 is 0. The van der Waals surface area contributed by atoms with Gasteiger partial charge in [0.05, 0.1) is 23.3 Å². The summed E-state index contributed by atoms with van der Waals surface area (Å²) in [6.07, 6.45) is 7.47. The molecule has 6 rings (SSSR count). The number of thiophene rings is 1. The fourth-order valence-corrected chi connectivity index (χ4v) is 5.00. The Hall–Kier alpha value is -4.37. The lowest BCUT2D eigenvalue weighted by Gasteiger charge is -2.08. The van der Waals surface area contributed by atoms with E-state index in [2.05, 4.69) is 58.3 Å². The number of hydrogen-bond acceptors (Lipinski definition) is 6. The Morgan fingerprint density at radius 1 is 1.03 bits per heavy atom. The van der Waals surface area contributed by atoms with Gasteiger partial charge in [0.1, 0.15) is 5.65 Å². The van der Waals surface area contributed by atoms with Crippen molar-refractivity contribution in [3.8, 4) is 33.6 Å². The minimum atomic E-state index is -0.0242. The number of carbonyl (C=O) groups excluding carboxylic acids is 1. The van der Waals surface area contributed by atoms with Crippen LogP contribution >= 0.6 is 11.3 Å². The molecule has 8 nitrogen and oxygen atoms in total. The van der Waals surface area contributed by atoms with Crippen LogP contribution in [-0.2, 0) is 4.79 Å². The maximum Gasteiger partial charge on any atom is 0.224 e. The number of aromatic amines is 2. The van der Waals surface area contributed by atoms with E-state index in [1.54, 1.807) is 29.9 Å². The smallest absolute Gasteiger partial charge is 0.224 e. The van der Waals surface area contributed by atoms with E-state index in [9.17, 15) is 4.79 Å². The van der Waals surface area contributed by atoms with Gasteiger partial charge >= 0.3 is 0 Å². The summed E-state index contributed by atoms with van der Waals surface area (Å²) in [6, 6.07) is 10.2. The van der Waals surface area contributed by atoms with Gasteiger partial charge in [0.15, 0.2) is 5.65 Å². The zero-order valence-corrected chi connectivity index (χ0v) is 20.6. The molecule has 0 saturated heterocycles. The van der Waals surface area contributed by atoms with E-state index in [0.717, 1.165) is 44.5 Å². The van der Waals surface area contributed by atoms with Crippen LogP contribution in [0.15, 0.2) is 65.9 Å². The highest BCUT2D eigenvalue weighted by Gasteiger charge is 2.16. The van der Waals surface area contributed by atoms with Gasteiger partial charge in [0.2, 0.25) is 5.91 Å². The molecule has 0 aromatic carbocycles. The molecule has 0 atom stereocenters. The molecule has 0 aliphatic rings. The first-order chi connectivity index (χ1) is 17.5. The maximum absolute atomic E-state index is 12.2. The van der Waals surface area contributed by atoms with E-state index >= 15 is 0 Å². The summed E-state index contributed by atoms with van der Waals surface area (Å²) >= 11 is 1.67. The van der Waals surface area contributed by atoms with Gasteiger partial charge in [-0.1, -0.05) is 13.8 Å². The lowest BCUT2D eigenvalue weighted by molar-refractivity contribution is -0.116. The Bertz CT molecular complexity index is 1700. The Morgan fingerprint density at radius 3 is 2.75 bits per heavy atom. The summed E-state index contributed by atoms with van der Waals surface area (Å²) in [6.45, 7) is 4.04. The molecule has 6 heterocycles. The third kappa shape index (κ3) is 4.14. The molecular weight excluding hydrogens is 470 g/mol. The minimum absolute atomic E-state index is 0.0242. The van der Waals surface area contributed by atoms with E-state index in [-0.39, 0.29) is 11.8 Å². The van der Waals surface area contributed by atoms with Crippen molar-refractivity contribution in [3.05, 3.63) is 65.9 Å².